The lowest BCUT2D eigenvalue weighted by Crippen LogP contribution is -2.44. The van der Waals surface area contributed by atoms with Gasteiger partial charge in [0, 0.05) is 12.4 Å². The number of alkyl halides is 1. The van der Waals surface area contributed by atoms with Crippen molar-refractivity contribution in [3.05, 3.63) is 0 Å². The molecule has 1 saturated carbocycles. The summed E-state index contributed by atoms with van der Waals surface area (Å²) in [6.45, 7) is 3.08. The van der Waals surface area contributed by atoms with Crippen molar-refractivity contribution >= 4 is 11.6 Å². The van der Waals surface area contributed by atoms with Crippen LogP contribution < -0.4 is 0 Å². The predicted octanol–water partition coefficient (Wildman–Crippen LogP) is 2.63. The predicted molar refractivity (Wildman–Crippen MR) is 67.9 cm³/mol. The van der Waals surface area contributed by atoms with Gasteiger partial charge in [-0.05, 0) is 44.2 Å². The zero-order chi connectivity index (χ0) is 11.4. The summed E-state index contributed by atoms with van der Waals surface area (Å²) in [6.07, 6.45) is 9.52. The molecule has 1 spiro atoms. The number of rotatable bonds is 3. The maximum Gasteiger partial charge on any atom is 0.0802 e. The van der Waals surface area contributed by atoms with E-state index >= 15 is 0 Å². The second-order valence-corrected chi connectivity index (χ2v) is 5.98. The molecule has 1 saturated heterocycles. The lowest BCUT2D eigenvalue weighted by atomic mass is 9.68. The van der Waals surface area contributed by atoms with Crippen LogP contribution in [0.15, 0.2) is 0 Å². The fourth-order valence-electron chi connectivity index (χ4n) is 3.36. The van der Waals surface area contributed by atoms with Crippen LogP contribution in [0.25, 0.3) is 0 Å². The van der Waals surface area contributed by atoms with Crippen LogP contribution in [-0.4, -0.2) is 41.6 Å². The fourth-order valence-corrected chi connectivity index (χ4v) is 3.46. The summed E-state index contributed by atoms with van der Waals surface area (Å²) in [6, 6.07) is 0. The molecule has 0 bridgehead atoms. The van der Waals surface area contributed by atoms with E-state index in [9.17, 15) is 5.11 Å². The highest BCUT2D eigenvalue weighted by atomic mass is 35.5. The van der Waals surface area contributed by atoms with Crippen LogP contribution in [0.5, 0.6) is 0 Å². The summed E-state index contributed by atoms with van der Waals surface area (Å²) in [4.78, 5) is 2.38. The van der Waals surface area contributed by atoms with Gasteiger partial charge in [0.2, 0.25) is 0 Å². The highest BCUT2D eigenvalue weighted by Crippen LogP contribution is 2.44. The number of β-amino-alcohol motifs (C(OH)–C–C–N with tert-alkyl or cyclic N) is 1. The SMILES string of the molecule is OC(CCl)CN1CCC2(CCCCC2)CC1. The smallest absolute Gasteiger partial charge is 0.0802 e. The average Bonchev–Trinajstić information content (AvgIpc) is 2.33. The Morgan fingerprint density at radius 3 is 2.25 bits per heavy atom. The van der Waals surface area contributed by atoms with Gasteiger partial charge in [0.25, 0.3) is 0 Å². The van der Waals surface area contributed by atoms with E-state index in [1.54, 1.807) is 0 Å². The van der Waals surface area contributed by atoms with Crippen LogP contribution in [-0.2, 0) is 0 Å². The molecular weight excluding hydrogens is 222 g/mol. The van der Waals surface area contributed by atoms with E-state index < -0.39 is 0 Å². The van der Waals surface area contributed by atoms with E-state index in [0.29, 0.717) is 11.3 Å². The van der Waals surface area contributed by atoms with Crippen molar-refractivity contribution in [2.24, 2.45) is 5.41 Å². The molecule has 0 amide bonds. The molecule has 2 nitrogen and oxygen atoms in total. The molecule has 0 radical (unpaired) electrons. The Labute approximate surface area is 104 Å². The zero-order valence-electron chi connectivity index (χ0n) is 10.1. The molecule has 1 heterocycles. The Morgan fingerprint density at radius 2 is 1.69 bits per heavy atom. The third-order valence-electron chi connectivity index (χ3n) is 4.48. The van der Waals surface area contributed by atoms with Gasteiger partial charge < -0.3 is 10.0 Å². The Bertz CT molecular complexity index is 206. The van der Waals surface area contributed by atoms with Crippen molar-refractivity contribution in [3.63, 3.8) is 0 Å². The fraction of sp³-hybridized carbons (Fsp3) is 1.00. The molecule has 1 unspecified atom stereocenters. The van der Waals surface area contributed by atoms with Gasteiger partial charge in [-0.15, -0.1) is 11.6 Å². The van der Waals surface area contributed by atoms with Gasteiger partial charge in [0.15, 0.2) is 0 Å². The molecule has 1 N–H and O–H groups in total. The maximum atomic E-state index is 9.54. The Hall–Kier alpha value is 0.210. The molecule has 1 aliphatic heterocycles. The molecule has 0 aromatic heterocycles. The number of piperidine rings is 1. The van der Waals surface area contributed by atoms with Gasteiger partial charge in [-0.3, -0.25) is 0 Å². The number of halogens is 1. The largest absolute Gasteiger partial charge is 0.391 e. The lowest BCUT2D eigenvalue weighted by Gasteiger charge is -2.44. The monoisotopic (exact) mass is 245 g/mol. The third-order valence-corrected chi connectivity index (χ3v) is 4.83. The van der Waals surface area contributed by atoms with Crippen molar-refractivity contribution in [1.29, 1.82) is 0 Å². The van der Waals surface area contributed by atoms with E-state index in [-0.39, 0.29) is 6.10 Å². The van der Waals surface area contributed by atoms with Crippen molar-refractivity contribution in [3.8, 4) is 0 Å². The summed E-state index contributed by atoms with van der Waals surface area (Å²) >= 11 is 5.64. The van der Waals surface area contributed by atoms with Crippen LogP contribution >= 0.6 is 11.6 Å². The maximum absolute atomic E-state index is 9.54. The van der Waals surface area contributed by atoms with E-state index in [1.807, 2.05) is 0 Å². The number of hydrogen-bond acceptors (Lipinski definition) is 2. The van der Waals surface area contributed by atoms with Gasteiger partial charge in [-0.25, -0.2) is 0 Å². The van der Waals surface area contributed by atoms with E-state index in [4.69, 9.17) is 11.6 Å². The van der Waals surface area contributed by atoms with E-state index in [0.717, 1.165) is 19.6 Å². The molecule has 2 fully saturated rings. The Kier molecular flexibility index (Phi) is 4.51. The van der Waals surface area contributed by atoms with Crippen molar-refractivity contribution < 1.29 is 5.11 Å². The Morgan fingerprint density at radius 1 is 1.06 bits per heavy atom. The van der Waals surface area contributed by atoms with E-state index in [1.165, 1.54) is 44.9 Å². The van der Waals surface area contributed by atoms with Crippen molar-refractivity contribution in [2.75, 3.05) is 25.5 Å². The number of hydrogen-bond donors (Lipinski definition) is 1. The molecule has 1 aliphatic carbocycles. The molecule has 16 heavy (non-hydrogen) atoms. The lowest BCUT2D eigenvalue weighted by molar-refractivity contribution is 0.0435. The van der Waals surface area contributed by atoms with Crippen molar-refractivity contribution in [2.45, 2.75) is 51.0 Å². The van der Waals surface area contributed by atoms with Crippen LogP contribution in [0.2, 0.25) is 0 Å². The highest BCUT2D eigenvalue weighted by molar-refractivity contribution is 6.18. The van der Waals surface area contributed by atoms with Gasteiger partial charge in [-0.1, -0.05) is 19.3 Å². The van der Waals surface area contributed by atoms with Gasteiger partial charge in [0.05, 0.1) is 6.10 Å². The topological polar surface area (TPSA) is 23.5 Å². The van der Waals surface area contributed by atoms with Gasteiger partial charge in [0.1, 0.15) is 0 Å². The second-order valence-electron chi connectivity index (χ2n) is 5.67. The minimum absolute atomic E-state index is 0.345. The number of nitrogens with zero attached hydrogens (tertiary/aromatic N) is 1. The number of aliphatic hydroxyl groups is 1. The molecule has 1 atom stereocenters. The summed E-state index contributed by atoms with van der Waals surface area (Å²) < 4.78 is 0. The normalized spacial score (nSPS) is 28.1. The Balaban J connectivity index is 1.77. The first-order valence-corrected chi connectivity index (χ1v) is 7.24. The molecule has 0 aromatic rings. The summed E-state index contributed by atoms with van der Waals surface area (Å²) in [5, 5.41) is 9.54. The van der Waals surface area contributed by atoms with Crippen molar-refractivity contribution in [1.82, 2.24) is 4.90 Å². The molecule has 2 aliphatic rings. The first kappa shape index (κ1) is 12.7. The first-order valence-electron chi connectivity index (χ1n) is 6.70. The second kappa shape index (κ2) is 5.70. The van der Waals surface area contributed by atoms with Gasteiger partial charge in [-0.2, -0.15) is 0 Å². The summed E-state index contributed by atoms with van der Waals surface area (Å²) in [5.41, 5.74) is 0.667. The standard InChI is InChI=1S/C13H24ClNO/c14-10-12(16)11-15-8-6-13(7-9-15)4-2-1-3-5-13/h12,16H,1-11H2. The third kappa shape index (κ3) is 3.12. The van der Waals surface area contributed by atoms with Crippen LogP contribution in [0.3, 0.4) is 0 Å². The summed E-state index contributed by atoms with van der Waals surface area (Å²) in [7, 11) is 0. The average molecular weight is 246 g/mol. The van der Waals surface area contributed by atoms with Crippen LogP contribution in [0, 0.1) is 5.41 Å². The first-order chi connectivity index (χ1) is 7.74. The number of aliphatic hydroxyl groups excluding tert-OH is 1. The molecule has 0 aromatic carbocycles. The highest BCUT2D eigenvalue weighted by Gasteiger charge is 2.35. The number of likely N-dealkylation sites (tertiary alicyclic amines) is 1. The minimum atomic E-state index is -0.345. The molecule has 2 rings (SSSR count). The molecule has 3 heteroatoms. The zero-order valence-corrected chi connectivity index (χ0v) is 10.9. The van der Waals surface area contributed by atoms with E-state index in [2.05, 4.69) is 4.90 Å². The quantitative estimate of drug-likeness (QED) is 0.773. The minimum Gasteiger partial charge on any atom is -0.391 e. The van der Waals surface area contributed by atoms with Crippen LogP contribution in [0.1, 0.15) is 44.9 Å². The summed E-state index contributed by atoms with van der Waals surface area (Å²) in [5.74, 6) is 0.363. The molecule has 94 valence electrons. The van der Waals surface area contributed by atoms with Gasteiger partial charge >= 0.3 is 0 Å². The molecular formula is C13H24ClNO. The van der Waals surface area contributed by atoms with Crippen LogP contribution in [0.4, 0.5) is 0 Å².